The summed E-state index contributed by atoms with van der Waals surface area (Å²) in [4.78, 5) is 0. The number of aromatic nitrogens is 2. The van der Waals surface area contributed by atoms with Crippen molar-refractivity contribution in [1.29, 1.82) is 0 Å². The minimum absolute atomic E-state index is 0.0351. The molecule has 0 bridgehead atoms. The maximum atomic E-state index is 5.96. The summed E-state index contributed by atoms with van der Waals surface area (Å²) in [7, 11) is 1.66. The van der Waals surface area contributed by atoms with Crippen molar-refractivity contribution in [2.75, 3.05) is 7.11 Å². The van der Waals surface area contributed by atoms with Crippen LogP contribution in [0.5, 0.6) is 5.75 Å². The average Bonchev–Trinajstić information content (AvgIpc) is 2.87. The van der Waals surface area contributed by atoms with E-state index in [1.54, 1.807) is 7.11 Å². The molecule has 0 saturated heterocycles. The van der Waals surface area contributed by atoms with Crippen molar-refractivity contribution in [3.05, 3.63) is 28.8 Å². The van der Waals surface area contributed by atoms with Crippen LogP contribution in [0.2, 0.25) is 0 Å². The summed E-state index contributed by atoms with van der Waals surface area (Å²) in [5.74, 6) is 0.813. The lowest BCUT2D eigenvalue weighted by Crippen LogP contribution is -2.07. The van der Waals surface area contributed by atoms with E-state index >= 15 is 0 Å². The zero-order valence-electron chi connectivity index (χ0n) is 10.8. The highest BCUT2D eigenvalue weighted by atomic mass is 32.1. The molecule has 0 aliphatic rings. The van der Waals surface area contributed by atoms with Gasteiger partial charge in [-0.25, -0.2) is 0 Å². The van der Waals surface area contributed by atoms with Crippen LogP contribution in [0.4, 0.5) is 0 Å². The molecule has 18 heavy (non-hydrogen) atoms. The highest BCUT2D eigenvalue weighted by Crippen LogP contribution is 2.34. The third-order valence-electron chi connectivity index (χ3n) is 2.78. The van der Waals surface area contributed by atoms with Crippen molar-refractivity contribution >= 4 is 11.3 Å². The van der Waals surface area contributed by atoms with Crippen LogP contribution in [0.1, 0.15) is 30.0 Å². The lowest BCUT2D eigenvalue weighted by Gasteiger charge is -2.06. The number of methoxy groups -OCH3 is 1. The van der Waals surface area contributed by atoms with Gasteiger partial charge >= 0.3 is 0 Å². The molecule has 2 aromatic rings. The van der Waals surface area contributed by atoms with Crippen LogP contribution in [0.25, 0.3) is 10.6 Å². The molecule has 0 saturated carbocycles. The van der Waals surface area contributed by atoms with E-state index in [0.717, 1.165) is 27.7 Å². The van der Waals surface area contributed by atoms with Crippen molar-refractivity contribution in [2.24, 2.45) is 5.73 Å². The van der Waals surface area contributed by atoms with Gasteiger partial charge in [0, 0.05) is 0 Å². The molecule has 2 N–H and O–H groups in total. The van der Waals surface area contributed by atoms with E-state index in [1.165, 1.54) is 16.9 Å². The number of ether oxygens (including phenoxy) is 1. The molecule has 0 aliphatic carbocycles. The number of aryl methyl sites for hydroxylation is 1. The van der Waals surface area contributed by atoms with Crippen molar-refractivity contribution < 1.29 is 4.74 Å². The smallest absolute Gasteiger partial charge is 0.151 e. The van der Waals surface area contributed by atoms with Gasteiger partial charge in [-0.05, 0) is 25.5 Å². The van der Waals surface area contributed by atoms with E-state index in [2.05, 4.69) is 16.3 Å². The maximum Gasteiger partial charge on any atom is 0.151 e. The van der Waals surface area contributed by atoms with E-state index in [0.29, 0.717) is 0 Å². The second-order valence-electron chi connectivity index (χ2n) is 4.16. The van der Waals surface area contributed by atoms with Crippen LogP contribution in [0.15, 0.2) is 18.2 Å². The average molecular weight is 263 g/mol. The number of rotatable bonds is 4. The molecule has 1 aromatic carbocycles. The van der Waals surface area contributed by atoms with Gasteiger partial charge in [0.1, 0.15) is 10.8 Å². The lowest BCUT2D eigenvalue weighted by molar-refractivity contribution is 0.416. The molecule has 0 aliphatic heterocycles. The molecule has 5 heteroatoms. The Hall–Kier alpha value is -1.46. The number of nitrogens with two attached hydrogens (primary N) is 1. The Kier molecular flexibility index (Phi) is 3.93. The van der Waals surface area contributed by atoms with Gasteiger partial charge in [-0.2, -0.15) is 0 Å². The summed E-state index contributed by atoms with van der Waals surface area (Å²) in [6, 6.07) is 5.99. The summed E-state index contributed by atoms with van der Waals surface area (Å²) in [6.45, 7) is 4.08. The molecule has 0 radical (unpaired) electrons. The highest BCUT2D eigenvalue weighted by Gasteiger charge is 2.14. The zero-order chi connectivity index (χ0) is 13.1. The van der Waals surface area contributed by atoms with Gasteiger partial charge in [0.15, 0.2) is 5.01 Å². The van der Waals surface area contributed by atoms with Gasteiger partial charge in [0.25, 0.3) is 0 Å². The molecule has 0 spiro atoms. The minimum atomic E-state index is -0.0351. The van der Waals surface area contributed by atoms with Crippen LogP contribution in [0, 0.1) is 6.92 Å². The molecule has 1 unspecified atom stereocenters. The summed E-state index contributed by atoms with van der Waals surface area (Å²) in [5, 5.41) is 10.1. The number of hydrogen-bond donors (Lipinski definition) is 1. The fraction of sp³-hybridized carbons (Fsp3) is 0.385. The fourth-order valence-corrected chi connectivity index (χ4v) is 2.61. The molecule has 0 fully saturated rings. The third-order valence-corrected chi connectivity index (χ3v) is 3.87. The predicted octanol–water partition coefficient (Wildman–Crippen LogP) is 2.93. The summed E-state index contributed by atoms with van der Waals surface area (Å²) in [5.41, 5.74) is 8.11. The summed E-state index contributed by atoms with van der Waals surface area (Å²) < 4.78 is 5.36. The molecule has 96 valence electrons. The molecule has 0 amide bonds. The zero-order valence-corrected chi connectivity index (χ0v) is 11.6. The number of nitrogens with zero attached hydrogens (tertiary/aromatic N) is 2. The Bertz CT molecular complexity index is 539. The monoisotopic (exact) mass is 263 g/mol. The van der Waals surface area contributed by atoms with Crippen LogP contribution in [0.3, 0.4) is 0 Å². The third kappa shape index (κ3) is 2.52. The predicted molar refractivity (Wildman–Crippen MR) is 73.9 cm³/mol. The Morgan fingerprint density at radius 3 is 2.83 bits per heavy atom. The van der Waals surface area contributed by atoms with Crippen LogP contribution >= 0.6 is 11.3 Å². The maximum absolute atomic E-state index is 5.96. The van der Waals surface area contributed by atoms with Crippen molar-refractivity contribution in [1.82, 2.24) is 10.2 Å². The van der Waals surface area contributed by atoms with Crippen molar-refractivity contribution in [2.45, 2.75) is 26.3 Å². The summed E-state index contributed by atoms with van der Waals surface area (Å²) in [6.07, 6.45) is 0.861. The standard InChI is InChI=1S/C13H17N3OS/c1-4-10(14)13-16-15-12(18-13)9-7-8(2)5-6-11(9)17-3/h5-7,10H,4,14H2,1-3H3. The molecule has 1 aromatic heterocycles. The summed E-state index contributed by atoms with van der Waals surface area (Å²) >= 11 is 1.53. The van der Waals surface area contributed by atoms with E-state index in [4.69, 9.17) is 10.5 Å². The van der Waals surface area contributed by atoms with Crippen molar-refractivity contribution in [3.8, 4) is 16.3 Å². The van der Waals surface area contributed by atoms with E-state index in [1.807, 2.05) is 26.0 Å². The molecule has 2 rings (SSSR count). The molecule has 4 nitrogen and oxygen atoms in total. The molecule has 1 atom stereocenters. The molecule has 1 heterocycles. The fourth-order valence-electron chi connectivity index (χ4n) is 1.66. The molecular weight excluding hydrogens is 246 g/mol. The Morgan fingerprint density at radius 2 is 2.17 bits per heavy atom. The largest absolute Gasteiger partial charge is 0.496 e. The van der Waals surface area contributed by atoms with Gasteiger partial charge in [0.05, 0.1) is 18.7 Å². The Labute approximate surface area is 111 Å². The number of benzene rings is 1. The van der Waals surface area contributed by atoms with E-state index in [-0.39, 0.29) is 6.04 Å². The normalized spacial score (nSPS) is 12.4. The minimum Gasteiger partial charge on any atom is -0.496 e. The Balaban J connectivity index is 2.42. The van der Waals surface area contributed by atoms with Crippen molar-refractivity contribution in [3.63, 3.8) is 0 Å². The van der Waals surface area contributed by atoms with Gasteiger partial charge < -0.3 is 10.5 Å². The quantitative estimate of drug-likeness (QED) is 0.921. The topological polar surface area (TPSA) is 61.0 Å². The molecular formula is C13H17N3OS. The SMILES string of the molecule is CCC(N)c1nnc(-c2cc(C)ccc2OC)s1. The first-order valence-electron chi connectivity index (χ1n) is 5.89. The van der Waals surface area contributed by atoms with Gasteiger partial charge in [-0.1, -0.05) is 29.9 Å². The van der Waals surface area contributed by atoms with Crippen LogP contribution in [-0.2, 0) is 0 Å². The van der Waals surface area contributed by atoms with Gasteiger partial charge in [-0.15, -0.1) is 10.2 Å². The van der Waals surface area contributed by atoms with E-state index in [9.17, 15) is 0 Å². The first kappa shape index (κ1) is 13.0. The van der Waals surface area contributed by atoms with E-state index < -0.39 is 0 Å². The highest BCUT2D eigenvalue weighted by molar-refractivity contribution is 7.14. The second-order valence-corrected chi connectivity index (χ2v) is 5.17. The number of hydrogen-bond acceptors (Lipinski definition) is 5. The lowest BCUT2D eigenvalue weighted by atomic mass is 10.1. The first-order valence-corrected chi connectivity index (χ1v) is 6.71. The van der Waals surface area contributed by atoms with Crippen LogP contribution < -0.4 is 10.5 Å². The van der Waals surface area contributed by atoms with Crippen LogP contribution in [-0.4, -0.2) is 17.3 Å². The second kappa shape index (κ2) is 5.46. The van der Waals surface area contributed by atoms with Gasteiger partial charge in [-0.3, -0.25) is 0 Å². The first-order chi connectivity index (χ1) is 8.65. The van der Waals surface area contributed by atoms with Gasteiger partial charge in [0.2, 0.25) is 0 Å². The Morgan fingerprint density at radius 1 is 1.39 bits per heavy atom.